The summed E-state index contributed by atoms with van der Waals surface area (Å²) in [6.07, 6.45) is 3.85. The first-order valence-electron chi connectivity index (χ1n) is 8.92. The maximum Gasteiger partial charge on any atom is 0.243 e. The van der Waals surface area contributed by atoms with E-state index in [4.69, 9.17) is 10.00 Å². The molecule has 1 unspecified atom stereocenters. The van der Waals surface area contributed by atoms with Crippen LogP contribution in [0.4, 0.5) is 8.78 Å². The van der Waals surface area contributed by atoms with Crippen LogP contribution in [0.15, 0.2) is 53.8 Å². The molecule has 0 radical (unpaired) electrons. The van der Waals surface area contributed by atoms with Crippen LogP contribution < -0.4 is 4.74 Å². The molecule has 2 aromatic rings. The summed E-state index contributed by atoms with van der Waals surface area (Å²) >= 11 is 0. The maximum atomic E-state index is 13.5. The second-order valence-electron chi connectivity index (χ2n) is 6.53. The van der Waals surface area contributed by atoms with Crippen molar-refractivity contribution in [1.29, 1.82) is 5.26 Å². The Morgan fingerprint density at radius 1 is 1.28 bits per heavy atom. The third kappa shape index (κ3) is 5.23. The van der Waals surface area contributed by atoms with E-state index in [1.807, 2.05) is 6.07 Å². The monoisotopic (exact) mass is 396 g/mol. The first kappa shape index (κ1) is 20.1. The number of ether oxygens (including phenoxy) is 1. The molecule has 0 N–H and O–H groups in total. The van der Waals surface area contributed by atoms with Crippen LogP contribution in [0.2, 0.25) is 0 Å². The van der Waals surface area contributed by atoms with Crippen molar-refractivity contribution in [3.63, 3.8) is 0 Å². The van der Waals surface area contributed by atoms with Gasteiger partial charge in [-0.25, -0.2) is 18.8 Å². The summed E-state index contributed by atoms with van der Waals surface area (Å²) in [6, 6.07) is 7.82. The van der Waals surface area contributed by atoms with Crippen molar-refractivity contribution in [3.05, 3.63) is 71.4 Å². The van der Waals surface area contributed by atoms with Gasteiger partial charge in [0.2, 0.25) is 11.8 Å². The highest BCUT2D eigenvalue weighted by molar-refractivity contribution is 5.80. The molecule has 0 spiro atoms. The van der Waals surface area contributed by atoms with Crippen LogP contribution in [0, 0.1) is 23.0 Å². The van der Waals surface area contributed by atoms with Gasteiger partial charge in [0.15, 0.2) is 0 Å². The van der Waals surface area contributed by atoms with Gasteiger partial charge < -0.3 is 4.74 Å². The number of amides is 1. The molecule has 1 aromatic heterocycles. The highest BCUT2D eigenvalue weighted by atomic mass is 19.1. The number of hydrazone groups is 1. The van der Waals surface area contributed by atoms with Gasteiger partial charge in [-0.1, -0.05) is 6.58 Å². The summed E-state index contributed by atoms with van der Waals surface area (Å²) in [7, 11) is 0. The average molecular weight is 396 g/mol. The highest BCUT2D eigenvalue weighted by Gasteiger charge is 2.28. The van der Waals surface area contributed by atoms with Gasteiger partial charge in [-0.3, -0.25) is 4.79 Å². The zero-order valence-electron chi connectivity index (χ0n) is 15.5. The summed E-state index contributed by atoms with van der Waals surface area (Å²) < 4.78 is 32.5. The van der Waals surface area contributed by atoms with E-state index in [0.29, 0.717) is 35.4 Å². The molecule has 148 valence electrons. The molecule has 6 nitrogen and oxygen atoms in total. The molecule has 0 bridgehead atoms. The lowest BCUT2D eigenvalue weighted by molar-refractivity contribution is -0.133. The Labute approximate surface area is 166 Å². The minimum Gasteiger partial charge on any atom is -0.473 e. The van der Waals surface area contributed by atoms with E-state index in [2.05, 4.69) is 16.7 Å². The molecular formula is C21H18F2N4O2. The molecule has 3 rings (SSSR count). The maximum absolute atomic E-state index is 13.5. The molecular weight excluding hydrogens is 378 g/mol. The molecule has 1 aromatic carbocycles. The fourth-order valence-corrected chi connectivity index (χ4v) is 2.88. The number of nitrogens with zero attached hydrogens (tertiary/aromatic N) is 4. The zero-order valence-corrected chi connectivity index (χ0v) is 15.5. The summed E-state index contributed by atoms with van der Waals surface area (Å²) in [5, 5.41) is 14.1. The zero-order chi connectivity index (χ0) is 20.8. The summed E-state index contributed by atoms with van der Waals surface area (Å²) in [5.41, 5.74) is 1.48. The molecule has 2 heterocycles. The Morgan fingerprint density at radius 3 is 2.69 bits per heavy atom. The van der Waals surface area contributed by atoms with Crippen molar-refractivity contribution in [1.82, 2.24) is 9.99 Å². The Hall–Kier alpha value is -3.60. The first-order valence-corrected chi connectivity index (χ1v) is 8.92. The van der Waals surface area contributed by atoms with Crippen molar-refractivity contribution < 1.29 is 18.3 Å². The molecule has 8 heteroatoms. The van der Waals surface area contributed by atoms with Gasteiger partial charge >= 0.3 is 0 Å². The Balaban J connectivity index is 1.51. The average Bonchev–Trinajstić information content (AvgIpc) is 3.20. The Kier molecular flexibility index (Phi) is 6.29. The van der Waals surface area contributed by atoms with E-state index in [1.165, 1.54) is 23.3 Å². The molecule has 1 aliphatic heterocycles. The SMILES string of the molecule is C=C(CCC(=O)N1N=CCC1c1cc(F)cc(F)c1)COc1ccc(C#N)cn1. The van der Waals surface area contributed by atoms with Crippen molar-refractivity contribution in [2.45, 2.75) is 25.3 Å². The summed E-state index contributed by atoms with van der Waals surface area (Å²) in [5.74, 6) is -1.30. The van der Waals surface area contributed by atoms with E-state index in [1.54, 1.807) is 18.3 Å². The molecule has 0 aliphatic carbocycles. The molecule has 1 atom stereocenters. The minimum absolute atomic E-state index is 0.134. The second-order valence-corrected chi connectivity index (χ2v) is 6.53. The van der Waals surface area contributed by atoms with Crippen LogP contribution in [-0.4, -0.2) is 28.7 Å². The van der Waals surface area contributed by atoms with E-state index in [0.717, 1.165) is 6.07 Å². The summed E-state index contributed by atoms with van der Waals surface area (Å²) in [4.78, 5) is 16.5. The van der Waals surface area contributed by atoms with Gasteiger partial charge in [0, 0.05) is 37.4 Å². The molecule has 0 saturated heterocycles. The van der Waals surface area contributed by atoms with Crippen molar-refractivity contribution >= 4 is 12.1 Å². The van der Waals surface area contributed by atoms with Gasteiger partial charge in [0.25, 0.3) is 0 Å². The normalized spacial score (nSPS) is 15.2. The van der Waals surface area contributed by atoms with E-state index >= 15 is 0 Å². The van der Waals surface area contributed by atoms with E-state index in [9.17, 15) is 13.6 Å². The molecule has 1 aliphatic rings. The summed E-state index contributed by atoms with van der Waals surface area (Å²) in [6.45, 7) is 4.06. The smallest absolute Gasteiger partial charge is 0.243 e. The number of pyridine rings is 1. The van der Waals surface area contributed by atoms with Gasteiger partial charge in [-0.2, -0.15) is 10.4 Å². The minimum atomic E-state index is -0.693. The van der Waals surface area contributed by atoms with Gasteiger partial charge in [-0.15, -0.1) is 0 Å². The second kappa shape index (κ2) is 9.06. The number of carbonyl (C=O) groups excluding carboxylic acids is 1. The van der Waals surface area contributed by atoms with Crippen LogP contribution in [0.5, 0.6) is 5.88 Å². The van der Waals surface area contributed by atoms with Crippen LogP contribution >= 0.6 is 0 Å². The van der Waals surface area contributed by atoms with Gasteiger partial charge in [-0.05, 0) is 35.8 Å². The van der Waals surface area contributed by atoms with Crippen molar-refractivity contribution in [2.24, 2.45) is 5.10 Å². The number of benzene rings is 1. The van der Waals surface area contributed by atoms with Crippen LogP contribution in [0.3, 0.4) is 0 Å². The lowest BCUT2D eigenvalue weighted by Gasteiger charge is -2.22. The van der Waals surface area contributed by atoms with Gasteiger partial charge in [0.1, 0.15) is 24.3 Å². The number of hydrogen-bond donors (Lipinski definition) is 0. The van der Waals surface area contributed by atoms with Crippen LogP contribution in [-0.2, 0) is 4.79 Å². The van der Waals surface area contributed by atoms with E-state index in [-0.39, 0.29) is 18.9 Å². The number of aromatic nitrogens is 1. The van der Waals surface area contributed by atoms with Crippen LogP contribution in [0.25, 0.3) is 0 Å². The predicted octanol–water partition coefficient (Wildman–Crippen LogP) is 3.91. The number of carbonyl (C=O) groups is 1. The third-order valence-corrected chi connectivity index (χ3v) is 4.34. The Morgan fingerprint density at radius 2 is 2.03 bits per heavy atom. The van der Waals surface area contributed by atoms with Crippen molar-refractivity contribution in [2.75, 3.05) is 6.61 Å². The standard InChI is InChI=1S/C21H18F2N4O2/c1-14(13-29-20-4-3-15(11-24)12-25-20)2-5-21(28)27-19(6-7-26-27)16-8-17(22)10-18(23)9-16/h3-4,7-10,12,19H,1-2,5-6,13H2. The lowest BCUT2D eigenvalue weighted by atomic mass is 10.0. The Bertz CT molecular complexity index is 963. The van der Waals surface area contributed by atoms with Crippen molar-refractivity contribution in [3.8, 4) is 11.9 Å². The predicted molar refractivity (Wildman–Crippen MR) is 102 cm³/mol. The number of halogens is 2. The molecule has 29 heavy (non-hydrogen) atoms. The fourth-order valence-electron chi connectivity index (χ4n) is 2.88. The highest BCUT2D eigenvalue weighted by Crippen LogP contribution is 2.30. The number of rotatable bonds is 7. The van der Waals surface area contributed by atoms with Gasteiger partial charge in [0.05, 0.1) is 11.6 Å². The number of nitriles is 1. The van der Waals surface area contributed by atoms with Crippen LogP contribution in [0.1, 0.15) is 36.4 Å². The lowest BCUT2D eigenvalue weighted by Crippen LogP contribution is -2.27. The number of hydrogen-bond acceptors (Lipinski definition) is 5. The molecule has 1 amide bonds. The molecule has 0 saturated carbocycles. The fraction of sp³-hybridized carbons (Fsp3) is 0.238. The first-order chi connectivity index (χ1) is 14.0. The third-order valence-electron chi connectivity index (χ3n) is 4.34. The molecule has 0 fully saturated rings. The topological polar surface area (TPSA) is 78.6 Å². The quantitative estimate of drug-likeness (QED) is 0.665. The largest absolute Gasteiger partial charge is 0.473 e. The van der Waals surface area contributed by atoms with E-state index < -0.39 is 17.7 Å².